The molecule has 5 nitrogen and oxygen atoms in total. The third-order valence-corrected chi connectivity index (χ3v) is 2.31. The summed E-state index contributed by atoms with van der Waals surface area (Å²) in [6.45, 7) is 2.40. The number of hydrogen-bond donors (Lipinski definition) is 2. The fourth-order valence-corrected chi connectivity index (χ4v) is 1.50. The molecule has 88 valence electrons. The third kappa shape index (κ3) is 3.41. The number of H-pyrrole nitrogens is 1. The average molecular weight is 230 g/mol. The Morgan fingerprint density at radius 2 is 2.41 bits per heavy atom. The molecule has 1 amide bonds. The van der Waals surface area contributed by atoms with E-state index in [0.717, 1.165) is 17.0 Å². The Morgan fingerprint density at radius 3 is 3.06 bits per heavy atom. The van der Waals surface area contributed by atoms with Crippen LogP contribution in [0.2, 0.25) is 0 Å². The summed E-state index contributed by atoms with van der Waals surface area (Å²) < 4.78 is 0. The smallest absolute Gasteiger partial charge is 0.226 e. The van der Waals surface area contributed by atoms with Crippen molar-refractivity contribution in [1.82, 2.24) is 20.5 Å². The highest BCUT2D eigenvalue weighted by Gasteiger charge is 2.05. The summed E-state index contributed by atoms with van der Waals surface area (Å²) in [5, 5.41) is 9.64. The third-order valence-electron chi connectivity index (χ3n) is 2.31. The van der Waals surface area contributed by atoms with Crippen LogP contribution in [0.25, 0.3) is 0 Å². The average Bonchev–Trinajstić information content (AvgIpc) is 2.73. The number of carbonyl (C=O) groups excluding carboxylic acids is 1. The number of amides is 1. The van der Waals surface area contributed by atoms with Crippen molar-refractivity contribution in [3.05, 3.63) is 47.5 Å². The molecule has 2 heterocycles. The zero-order valence-corrected chi connectivity index (χ0v) is 9.60. The molecule has 0 aliphatic heterocycles. The van der Waals surface area contributed by atoms with Crippen molar-refractivity contribution < 1.29 is 4.79 Å². The van der Waals surface area contributed by atoms with Crippen molar-refractivity contribution >= 4 is 5.91 Å². The van der Waals surface area contributed by atoms with Crippen LogP contribution < -0.4 is 5.32 Å². The fraction of sp³-hybridized carbons (Fsp3) is 0.250. The lowest BCUT2D eigenvalue weighted by atomic mass is 10.2. The molecule has 0 aliphatic carbocycles. The van der Waals surface area contributed by atoms with Gasteiger partial charge in [-0.25, -0.2) is 0 Å². The second-order valence-corrected chi connectivity index (χ2v) is 3.86. The number of carbonyl (C=O) groups is 1. The second-order valence-electron chi connectivity index (χ2n) is 3.86. The fourth-order valence-electron chi connectivity index (χ4n) is 1.50. The van der Waals surface area contributed by atoms with Crippen LogP contribution in [0.15, 0.2) is 30.6 Å². The van der Waals surface area contributed by atoms with Gasteiger partial charge in [0.05, 0.1) is 12.1 Å². The van der Waals surface area contributed by atoms with Gasteiger partial charge in [-0.15, -0.1) is 0 Å². The van der Waals surface area contributed by atoms with E-state index in [2.05, 4.69) is 20.5 Å². The van der Waals surface area contributed by atoms with Gasteiger partial charge in [0.15, 0.2) is 0 Å². The zero-order valence-electron chi connectivity index (χ0n) is 9.60. The van der Waals surface area contributed by atoms with Crippen LogP contribution in [0, 0.1) is 6.92 Å². The first-order valence-corrected chi connectivity index (χ1v) is 5.40. The van der Waals surface area contributed by atoms with Crippen LogP contribution in [-0.2, 0) is 17.8 Å². The minimum absolute atomic E-state index is 0.0413. The Kier molecular flexibility index (Phi) is 3.49. The Labute approximate surface area is 99.3 Å². The van der Waals surface area contributed by atoms with Crippen molar-refractivity contribution in [3.8, 4) is 0 Å². The molecule has 0 fully saturated rings. The number of nitrogens with zero attached hydrogens (tertiary/aromatic N) is 2. The summed E-state index contributed by atoms with van der Waals surface area (Å²) in [5.41, 5.74) is 2.70. The predicted octanol–water partition coefficient (Wildman–Crippen LogP) is 0.972. The van der Waals surface area contributed by atoms with Crippen LogP contribution in [0.4, 0.5) is 0 Å². The van der Waals surface area contributed by atoms with Crippen molar-refractivity contribution in [1.29, 1.82) is 0 Å². The number of hydrogen-bond acceptors (Lipinski definition) is 3. The standard InChI is InChI=1S/C12H14N4O/c1-9-5-11(16-15-9)6-12(17)14-8-10-3-2-4-13-7-10/h2-5,7H,6,8H2,1H3,(H,14,17)(H,15,16). The quantitative estimate of drug-likeness (QED) is 0.822. The molecule has 17 heavy (non-hydrogen) atoms. The summed E-state index contributed by atoms with van der Waals surface area (Å²) >= 11 is 0. The van der Waals surface area contributed by atoms with E-state index in [1.54, 1.807) is 12.4 Å². The van der Waals surface area contributed by atoms with Crippen LogP contribution in [-0.4, -0.2) is 21.1 Å². The van der Waals surface area contributed by atoms with Gasteiger partial charge in [-0.3, -0.25) is 14.9 Å². The minimum Gasteiger partial charge on any atom is -0.352 e. The predicted molar refractivity (Wildman–Crippen MR) is 63.1 cm³/mol. The van der Waals surface area contributed by atoms with Crippen molar-refractivity contribution in [2.24, 2.45) is 0 Å². The van der Waals surface area contributed by atoms with E-state index in [1.165, 1.54) is 0 Å². The van der Waals surface area contributed by atoms with Crippen LogP contribution in [0.5, 0.6) is 0 Å². The van der Waals surface area contributed by atoms with Gasteiger partial charge in [0, 0.05) is 24.6 Å². The first-order chi connectivity index (χ1) is 8.24. The summed E-state index contributed by atoms with van der Waals surface area (Å²) in [7, 11) is 0. The van der Waals surface area contributed by atoms with Gasteiger partial charge in [0.25, 0.3) is 0 Å². The molecule has 0 radical (unpaired) electrons. The maximum atomic E-state index is 11.6. The normalized spacial score (nSPS) is 10.2. The van der Waals surface area contributed by atoms with Crippen LogP contribution in [0.1, 0.15) is 17.0 Å². The number of aromatic amines is 1. The first-order valence-electron chi connectivity index (χ1n) is 5.40. The number of nitrogens with one attached hydrogen (secondary N) is 2. The van der Waals surface area contributed by atoms with Gasteiger partial charge in [-0.2, -0.15) is 5.10 Å². The van der Waals surface area contributed by atoms with E-state index in [9.17, 15) is 4.79 Å². The summed E-state index contributed by atoms with van der Waals surface area (Å²) in [6, 6.07) is 5.63. The summed E-state index contributed by atoms with van der Waals surface area (Å²) in [5.74, 6) is -0.0413. The topological polar surface area (TPSA) is 70.7 Å². The Balaban J connectivity index is 1.82. The molecule has 0 aliphatic rings. The van der Waals surface area contributed by atoms with Crippen molar-refractivity contribution in [2.45, 2.75) is 19.9 Å². The lowest BCUT2D eigenvalue weighted by Crippen LogP contribution is -2.24. The molecular formula is C12H14N4O. The molecular weight excluding hydrogens is 216 g/mol. The van der Waals surface area contributed by atoms with Crippen LogP contribution in [0.3, 0.4) is 0 Å². The Hall–Kier alpha value is -2.17. The lowest BCUT2D eigenvalue weighted by molar-refractivity contribution is -0.120. The molecule has 2 rings (SSSR count). The number of aryl methyl sites for hydroxylation is 1. The molecule has 2 aromatic heterocycles. The highest BCUT2D eigenvalue weighted by atomic mass is 16.1. The van der Waals surface area contributed by atoms with Gasteiger partial charge in [0.2, 0.25) is 5.91 Å². The molecule has 2 N–H and O–H groups in total. The van der Waals surface area contributed by atoms with E-state index >= 15 is 0 Å². The van der Waals surface area contributed by atoms with Gasteiger partial charge in [-0.1, -0.05) is 6.07 Å². The minimum atomic E-state index is -0.0413. The molecule has 2 aromatic rings. The SMILES string of the molecule is Cc1cc(CC(=O)NCc2cccnc2)n[nH]1. The summed E-state index contributed by atoms with van der Waals surface area (Å²) in [4.78, 5) is 15.6. The zero-order chi connectivity index (χ0) is 12.1. The molecule has 0 spiro atoms. The molecule has 0 atom stereocenters. The van der Waals surface area contributed by atoms with E-state index in [-0.39, 0.29) is 5.91 Å². The maximum Gasteiger partial charge on any atom is 0.226 e. The van der Waals surface area contributed by atoms with Gasteiger partial charge < -0.3 is 5.32 Å². The Bertz CT molecular complexity index is 492. The largest absolute Gasteiger partial charge is 0.352 e. The molecule has 5 heteroatoms. The highest BCUT2D eigenvalue weighted by Crippen LogP contribution is 1.99. The number of aromatic nitrogens is 3. The van der Waals surface area contributed by atoms with Gasteiger partial charge in [0.1, 0.15) is 0 Å². The van der Waals surface area contributed by atoms with Crippen LogP contribution >= 0.6 is 0 Å². The number of rotatable bonds is 4. The first kappa shape index (κ1) is 11.3. The van der Waals surface area contributed by atoms with E-state index in [0.29, 0.717) is 13.0 Å². The van der Waals surface area contributed by atoms with E-state index in [1.807, 2.05) is 25.1 Å². The summed E-state index contributed by atoms with van der Waals surface area (Å²) in [6.07, 6.45) is 3.74. The van der Waals surface area contributed by atoms with E-state index < -0.39 is 0 Å². The maximum absolute atomic E-state index is 11.6. The molecule has 0 saturated heterocycles. The monoisotopic (exact) mass is 230 g/mol. The second kappa shape index (κ2) is 5.25. The molecule has 0 aromatic carbocycles. The van der Waals surface area contributed by atoms with Crippen molar-refractivity contribution in [3.63, 3.8) is 0 Å². The molecule has 0 bridgehead atoms. The van der Waals surface area contributed by atoms with Gasteiger partial charge >= 0.3 is 0 Å². The lowest BCUT2D eigenvalue weighted by Gasteiger charge is -2.03. The molecule has 0 unspecified atom stereocenters. The Morgan fingerprint density at radius 1 is 1.53 bits per heavy atom. The van der Waals surface area contributed by atoms with Gasteiger partial charge in [-0.05, 0) is 24.6 Å². The van der Waals surface area contributed by atoms with E-state index in [4.69, 9.17) is 0 Å². The molecule has 0 saturated carbocycles. The number of pyridine rings is 1. The highest BCUT2D eigenvalue weighted by molar-refractivity contribution is 5.78. The van der Waals surface area contributed by atoms with Crippen molar-refractivity contribution in [2.75, 3.05) is 0 Å².